The molecule has 29 heavy (non-hydrogen) atoms. The summed E-state index contributed by atoms with van der Waals surface area (Å²) >= 11 is 0. The number of carbonyl (C=O) groups is 1. The molecule has 0 radical (unpaired) electrons. The summed E-state index contributed by atoms with van der Waals surface area (Å²) in [5.74, 6) is 0.551. The van der Waals surface area contributed by atoms with E-state index < -0.39 is 0 Å². The number of hydrogen-bond donors (Lipinski definition) is 1. The molecule has 1 fully saturated rings. The van der Waals surface area contributed by atoms with Crippen molar-refractivity contribution < 1.29 is 9.53 Å². The number of amides is 1. The Morgan fingerprint density at radius 3 is 2.34 bits per heavy atom. The van der Waals surface area contributed by atoms with Gasteiger partial charge in [0.05, 0.1) is 11.4 Å². The molecule has 1 heterocycles. The third-order valence-corrected chi connectivity index (χ3v) is 5.21. The molecule has 4 nitrogen and oxygen atoms in total. The summed E-state index contributed by atoms with van der Waals surface area (Å²) in [5, 5.41) is 3.03. The molecule has 1 amide bonds. The summed E-state index contributed by atoms with van der Waals surface area (Å²) in [6.45, 7) is 2.04. The third-order valence-electron chi connectivity index (χ3n) is 5.21. The second kappa shape index (κ2) is 9.28. The molecule has 0 spiro atoms. The van der Waals surface area contributed by atoms with Crippen LogP contribution in [0.4, 0.5) is 11.4 Å². The number of benzene rings is 3. The molecule has 0 aromatic heterocycles. The quantitative estimate of drug-likeness (QED) is 0.620. The van der Waals surface area contributed by atoms with Crippen molar-refractivity contribution in [1.82, 2.24) is 0 Å². The number of nitrogens with zero attached hydrogens (tertiary/aromatic N) is 1. The molecule has 1 aliphatic heterocycles. The highest BCUT2D eigenvalue weighted by Gasteiger charge is 2.16. The number of para-hydroxylation sites is 3. The monoisotopic (exact) mass is 386 g/mol. The lowest BCUT2D eigenvalue weighted by atomic mass is 10.1. The average Bonchev–Trinajstić information content (AvgIpc) is 2.79. The van der Waals surface area contributed by atoms with Gasteiger partial charge in [-0.25, -0.2) is 0 Å². The van der Waals surface area contributed by atoms with E-state index in [1.807, 2.05) is 72.8 Å². The predicted molar refractivity (Wildman–Crippen MR) is 119 cm³/mol. The molecular formula is C25H26N2O2. The standard InChI is InChI=1S/C25H26N2O2/c28-25(26-22-14-6-7-15-23(22)27-17-9-2-10-18-27)19-29-24-16-8-5-13-21(24)20-11-3-1-4-12-20/h1,3-8,11-16H,2,9-10,17-19H2,(H,26,28). The first-order chi connectivity index (χ1) is 14.3. The second-order valence-electron chi connectivity index (χ2n) is 7.26. The Morgan fingerprint density at radius 1 is 0.828 bits per heavy atom. The van der Waals surface area contributed by atoms with E-state index in [4.69, 9.17) is 4.74 Å². The van der Waals surface area contributed by atoms with Gasteiger partial charge in [0.25, 0.3) is 5.91 Å². The first-order valence-electron chi connectivity index (χ1n) is 10.2. The number of carbonyl (C=O) groups excluding carboxylic acids is 1. The predicted octanol–water partition coefficient (Wildman–Crippen LogP) is 5.36. The fourth-order valence-electron chi connectivity index (χ4n) is 3.77. The Hall–Kier alpha value is -3.27. The van der Waals surface area contributed by atoms with Crippen molar-refractivity contribution in [2.75, 3.05) is 29.9 Å². The van der Waals surface area contributed by atoms with E-state index >= 15 is 0 Å². The number of nitrogens with one attached hydrogen (secondary N) is 1. The SMILES string of the molecule is O=C(COc1ccccc1-c1ccccc1)Nc1ccccc1N1CCCCC1. The van der Waals surface area contributed by atoms with E-state index in [9.17, 15) is 4.79 Å². The van der Waals surface area contributed by atoms with Gasteiger partial charge >= 0.3 is 0 Å². The Bertz CT molecular complexity index is 950. The molecule has 1 saturated heterocycles. The molecule has 1 N–H and O–H groups in total. The van der Waals surface area contributed by atoms with Crippen LogP contribution in [0.5, 0.6) is 5.75 Å². The van der Waals surface area contributed by atoms with Gasteiger partial charge in [-0.15, -0.1) is 0 Å². The van der Waals surface area contributed by atoms with Gasteiger partial charge in [0.1, 0.15) is 5.75 Å². The molecule has 3 aromatic rings. The van der Waals surface area contributed by atoms with Gasteiger partial charge in [0.15, 0.2) is 6.61 Å². The zero-order valence-electron chi connectivity index (χ0n) is 16.5. The van der Waals surface area contributed by atoms with Gasteiger partial charge in [-0.1, -0.05) is 60.7 Å². The van der Waals surface area contributed by atoms with E-state index in [1.165, 1.54) is 19.3 Å². The van der Waals surface area contributed by atoms with Gasteiger partial charge in [0.2, 0.25) is 0 Å². The van der Waals surface area contributed by atoms with Crippen molar-refractivity contribution in [2.24, 2.45) is 0 Å². The van der Waals surface area contributed by atoms with Gasteiger partial charge in [-0.05, 0) is 43.0 Å². The zero-order valence-corrected chi connectivity index (χ0v) is 16.5. The van der Waals surface area contributed by atoms with Crippen molar-refractivity contribution in [3.8, 4) is 16.9 Å². The Balaban J connectivity index is 1.43. The average molecular weight is 386 g/mol. The molecule has 1 aliphatic rings. The molecule has 4 heteroatoms. The molecule has 0 atom stereocenters. The van der Waals surface area contributed by atoms with Crippen LogP contribution in [-0.4, -0.2) is 25.6 Å². The van der Waals surface area contributed by atoms with Crippen molar-refractivity contribution in [2.45, 2.75) is 19.3 Å². The minimum absolute atomic E-state index is 0.0296. The maximum atomic E-state index is 12.6. The van der Waals surface area contributed by atoms with Gasteiger partial charge in [0, 0.05) is 18.7 Å². The maximum absolute atomic E-state index is 12.6. The van der Waals surface area contributed by atoms with Crippen molar-refractivity contribution in [3.05, 3.63) is 78.9 Å². The molecule has 0 aliphatic carbocycles. The number of anilines is 2. The van der Waals surface area contributed by atoms with E-state index in [0.717, 1.165) is 35.6 Å². The number of hydrogen-bond acceptors (Lipinski definition) is 3. The summed E-state index contributed by atoms with van der Waals surface area (Å²) in [6.07, 6.45) is 3.67. The highest BCUT2D eigenvalue weighted by molar-refractivity contribution is 5.95. The van der Waals surface area contributed by atoms with Crippen LogP contribution in [-0.2, 0) is 4.79 Å². The van der Waals surface area contributed by atoms with Crippen LogP contribution in [0, 0.1) is 0 Å². The van der Waals surface area contributed by atoms with Crippen molar-refractivity contribution in [3.63, 3.8) is 0 Å². The van der Waals surface area contributed by atoms with Crippen LogP contribution >= 0.6 is 0 Å². The minimum atomic E-state index is -0.155. The molecule has 3 aromatic carbocycles. The van der Waals surface area contributed by atoms with Crippen molar-refractivity contribution in [1.29, 1.82) is 0 Å². The van der Waals surface area contributed by atoms with E-state index in [1.54, 1.807) is 0 Å². The highest BCUT2D eigenvalue weighted by atomic mass is 16.5. The zero-order chi connectivity index (χ0) is 19.9. The van der Waals surface area contributed by atoms with Crippen molar-refractivity contribution >= 4 is 17.3 Å². The minimum Gasteiger partial charge on any atom is -0.483 e. The van der Waals surface area contributed by atoms with Gasteiger partial charge in [-0.3, -0.25) is 4.79 Å². The highest BCUT2D eigenvalue weighted by Crippen LogP contribution is 2.30. The largest absolute Gasteiger partial charge is 0.483 e. The summed E-state index contributed by atoms with van der Waals surface area (Å²) < 4.78 is 5.89. The first-order valence-corrected chi connectivity index (χ1v) is 10.2. The van der Waals surface area contributed by atoms with E-state index in [2.05, 4.69) is 16.3 Å². The van der Waals surface area contributed by atoms with Crippen LogP contribution in [0.1, 0.15) is 19.3 Å². The second-order valence-corrected chi connectivity index (χ2v) is 7.26. The summed E-state index contributed by atoms with van der Waals surface area (Å²) in [6, 6.07) is 25.9. The molecular weight excluding hydrogens is 360 g/mol. The van der Waals surface area contributed by atoms with Crippen LogP contribution in [0.25, 0.3) is 11.1 Å². The topological polar surface area (TPSA) is 41.6 Å². The third kappa shape index (κ3) is 4.77. The lowest BCUT2D eigenvalue weighted by Crippen LogP contribution is -2.31. The Morgan fingerprint density at radius 2 is 1.52 bits per heavy atom. The number of rotatable bonds is 6. The smallest absolute Gasteiger partial charge is 0.262 e. The maximum Gasteiger partial charge on any atom is 0.262 e. The Kier molecular flexibility index (Phi) is 6.10. The van der Waals surface area contributed by atoms with Gasteiger partial charge < -0.3 is 15.0 Å². The molecule has 0 unspecified atom stereocenters. The molecule has 4 rings (SSSR count). The number of piperidine rings is 1. The van der Waals surface area contributed by atoms with E-state index in [-0.39, 0.29) is 12.5 Å². The molecule has 148 valence electrons. The normalized spacial score (nSPS) is 13.7. The fraction of sp³-hybridized carbons (Fsp3) is 0.240. The van der Waals surface area contributed by atoms with E-state index in [0.29, 0.717) is 5.75 Å². The lowest BCUT2D eigenvalue weighted by Gasteiger charge is -2.30. The van der Waals surface area contributed by atoms with Crippen LogP contribution in [0.15, 0.2) is 78.9 Å². The Labute approximate surface area is 172 Å². The summed E-state index contributed by atoms with van der Waals surface area (Å²) in [7, 11) is 0. The lowest BCUT2D eigenvalue weighted by molar-refractivity contribution is -0.118. The van der Waals surface area contributed by atoms with Gasteiger partial charge in [-0.2, -0.15) is 0 Å². The molecule has 0 saturated carbocycles. The summed E-state index contributed by atoms with van der Waals surface area (Å²) in [5.41, 5.74) is 3.98. The van der Waals surface area contributed by atoms with Crippen LogP contribution in [0.3, 0.4) is 0 Å². The summed E-state index contributed by atoms with van der Waals surface area (Å²) in [4.78, 5) is 15.0. The van der Waals surface area contributed by atoms with Crippen LogP contribution < -0.4 is 15.0 Å². The fourth-order valence-corrected chi connectivity index (χ4v) is 3.77. The number of ether oxygens (including phenoxy) is 1. The molecule has 0 bridgehead atoms. The first kappa shape index (κ1) is 19.1. The van der Waals surface area contributed by atoms with Crippen LogP contribution in [0.2, 0.25) is 0 Å².